The molecule has 1 aliphatic rings. The third-order valence-corrected chi connectivity index (χ3v) is 3.98. The molecule has 0 aromatic carbocycles. The van der Waals surface area contributed by atoms with Crippen LogP contribution >= 0.6 is 11.3 Å². The highest BCUT2D eigenvalue weighted by molar-refractivity contribution is 7.09. The van der Waals surface area contributed by atoms with Gasteiger partial charge in [-0.15, -0.1) is 11.3 Å². The maximum atomic E-state index is 11.6. The molecule has 1 aliphatic heterocycles. The van der Waals surface area contributed by atoms with Gasteiger partial charge in [-0.05, 0) is 0 Å². The summed E-state index contributed by atoms with van der Waals surface area (Å²) in [6, 6.07) is 0. The standard InChI is InChI=1S/C14H21N3O3S/c1-3-6-20-14(18)16(2)9-12-11-21-13(15-12)10-17-4-7-19-8-5-17/h3,11H,1,4-10H2,2H3. The summed E-state index contributed by atoms with van der Waals surface area (Å²) in [5.41, 5.74) is 0.890. The van der Waals surface area contributed by atoms with Crippen molar-refractivity contribution in [1.82, 2.24) is 14.8 Å². The molecule has 2 rings (SSSR count). The van der Waals surface area contributed by atoms with Gasteiger partial charge in [-0.3, -0.25) is 4.90 Å². The first-order chi connectivity index (χ1) is 10.2. The molecule has 0 radical (unpaired) electrons. The van der Waals surface area contributed by atoms with Crippen molar-refractivity contribution in [2.24, 2.45) is 0 Å². The Balaban J connectivity index is 1.81. The molecule has 2 heterocycles. The average molecular weight is 311 g/mol. The van der Waals surface area contributed by atoms with Gasteiger partial charge in [0.05, 0.1) is 32.0 Å². The number of thiazole rings is 1. The molecule has 0 aliphatic carbocycles. The maximum absolute atomic E-state index is 11.6. The van der Waals surface area contributed by atoms with E-state index < -0.39 is 0 Å². The van der Waals surface area contributed by atoms with Gasteiger partial charge in [-0.25, -0.2) is 9.78 Å². The van der Waals surface area contributed by atoms with E-state index in [-0.39, 0.29) is 12.7 Å². The molecular weight excluding hydrogens is 290 g/mol. The second-order valence-electron chi connectivity index (χ2n) is 4.84. The number of hydrogen-bond donors (Lipinski definition) is 0. The van der Waals surface area contributed by atoms with Gasteiger partial charge in [0, 0.05) is 25.5 Å². The summed E-state index contributed by atoms with van der Waals surface area (Å²) >= 11 is 1.63. The Morgan fingerprint density at radius 3 is 3.10 bits per heavy atom. The third-order valence-electron chi connectivity index (χ3n) is 3.10. The van der Waals surface area contributed by atoms with E-state index in [0.29, 0.717) is 6.54 Å². The van der Waals surface area contributed by atoms with Crippen molar-refractivity contribution >= 4 is 17.4 Å². The first-order valence-corrected chi connectivity index (χ1v) is 7.79. The maximum Gasteiger partial charge on any atom is 0.410 e. The summed E-state index contributed by atoms with van der Waals surface area (Å²) < 4.78 is 10.3. The number of hydrogen-bond acceptors (Lipinski definition) is 6. The minimum absolute atomic E-state index is 0.225. The van der Waals surface area contributed by atoms with Gasteiger partial charge in [0.2, 0.25) is 0 Å². The molecule has 0 unspecified atom stereocenters. The third kappa shape index (κ3) is 5.11. The number of aromatic nitrogens is 1. The highest BCUT2D eigenvalue weighted by Gasteiger charge is 2.15. The lowest BCUT2D eigenvalue weighted by molar-refractivity contribution is 0.0341. The lowest BCUT2D eigenvalue weighted by Gasteiger charge is -2.25. The zero-order valence-corrected chi connectivity index (χ0v) is 13.1. The SMILES string of the molecule is C=CCOC(=O)N(C)Cc1csc(CN2CCOCC2)n1. The largest absolute Gasteiger partial charge is 0.445 e. The van der Waals surface area contributed by atoms with Crippen LogP contribution in [0.2, 0.25) is 0 Å². The normalized spacial score (nSPS) is 15.7. The molecule has 1 saturated heterocycles. The summed E-state index contributed by atoms with van der Waals surface area (Å²) in [5.74, 6) is 0. The molecule has 116 valence electrons. The van der Waals surface area contributed by atoms with Crippen LogP contribution in [0.3, 0.4) is 0 Å². The van der Waals surface area contributed by atoms with Crippen LogP contribution in [0, 0.1) is 0 Å². The lowest BCUT2D eigenvalue weighted by Crippen LogP contribution is -2.35. The van der Waals surface area contributed by atoms with Gasteiger partial charge in [0.25, 0.3) is 0 Å². The van der Waals surface area contributed by atoms with Crippen LogP contribution in [0.5, 0.6) is 0 Å². The molecule has 0 saturated carbocycles. The van der Waals surface area contributed by atoms with Gasteiger partial charge in [-0.1, -0.05) is 12.7 Å². The summed E-state index contributed by atoms with van der Waals surface area (Å²) in [6.45, 7) is 8.51. The van der Waals surface area contributed by atoms with E-state index in [1.807, 2.05) is 5.38 Å². The smallest absolute Gasteiger partial charge is 0.410 e. The quantitative estimate of drug-likeness (QED) is 0.749. The molecule has 0 bridgehead atoms. The highest BCUT2D eigenvalue weighted by Crippen LogP contribution is 2.14. The minimum atomic E-state index is -0.363. The number of carbonyl (C=O) groups is 1. The fourth-order valence-electron chi connectivity index (χ4n) is 1.99. The minimum Gasteiger partial charge on any atom is -0.445 e. The molecule has 21 heavy (non-hydrogen) atoms. The molecule has 6 nitrogen and oxygen atoms in total. The van der Waals surface area contributed by atoms with Crippen molar-refractivity contribution in [3.05, 3.63) is 28.7 Å². The Morgan fingerprint density at radius 1 is 1.62 bits per heavy atom. The van der Waals surface area contributed by atoms with Gasteiger partial charge in [-0.2, -0.15) is 0 Å². The highest BCUT2D eigenvalue weighted by atomic mass is 32.1. The van der Waals surface area contributed by atoms with Crippen molar-refractivity contribution in [3.63, 3.8) is 0 Å². The number of rotatable bonds is 6. The molecule has 0 spiro atoms. The second-order valence-corrected chi connectivity index (χ2v) is 5.79. The summed E-state index contributed by atoms with van der Waals surface area (Å²) in [4.78, 5) is 20.1. The van der Waals surface area contributed by atoms with Crippen molar-refractivity contribution in [3.8, 4) is 0 Å². The Morgan fingerprint density at radius 2 is 2.38 bits per heavy atom. The van der Waals surface area contributed by atoms with Crippen LogP contribution in [0.1, 0.15) is 10.7 Å². The molecule has 0 N–H and O–H groups in total. The Kier molecular flexibility index (Phi) is 6.16. The predicted octanol–water partition coefficient (Wildman–Crippen LogP) is 1.73. The van der Waals surface area contributed by atoms with E-state index >= 15 is 0 Å². The molecule has 1 aromatic heterocycles. The van der Waals surface area contributed by atoms with Crippen LogP contribution in [0.4, 0.5) is 4.79 Å². The monoisotopic (exact) mass is 311 g/mol. The zero-order chi connectivity index (χ0) is 15.1. The fourth-order valence-corrected chi connectivity index (χ4v) is 2.82. The number of ether oxygens (including phenoxy) is 2. The average Bonchev–Trinajstić information content (AvgIpc) is 2.92. The number of carbonyl (C=O) groups excluding carboxylic acids is 1. The topological polar surface area (TPSA) is 54.9 Å². The molecular formula is C14H21N3O3S. The number of morpholine rings is 1. The van der Waals surface area contributed by atoms with Crippen molar-refractivity contribution in [1.29, 1.82) is 0 Å². The van der Waals surface area contributed by atoms with Crippen LogP contribution < -0.4 is 0 Å². The predicted molar refractivity (Wildman–Crippen MR) is 81.2 cm³/mol. The first-order valence-electron chi connectivity index (χ1n) is 6.91. The van der Waals surface area contributed by atoms with E-state index in [4.69, 9.17) is 9.47 Å². The van der Waals surface area contributed by atoms with Gasteiger partial charge < -0.3 is 14.4 Å². The fraction of sp³-hybridized carbons (Fsp3) is 0.571. The molecule has 1 amide bonds. The van der Waals surface area contributed by atoms with Gasteiger partial charge in [0.1, 0.15) is 11.6 Å². The summed E-state index contributed by atoms with van der Waals surface area (Å²) in [5, 5.41) is 3.06. The summed E-state index contributed by atoms with van der Waals surface area (Å²) in [6.07, 6.45) is 1.19. The van der Waals surface area contributed by atoms with Crippen LogP contribution in [-0.4, -0.2) is 60.8 Å². The lowest BCUT2D eigenvalue weighted by atomic mass is 10.4. The van der Waals surface area contributed by atoms with Gasteiger partial charge >= 0.3 is 6.09 Å². The number of amides is 1. The second kappa shape index (κ2) is 8.11. The molecule has 7 heteroatoms. The molecule has 0 atom stereocenters. The summed E-state index contributed by atoms with van der Waals surface area (Å²) in [7, 11) is 1.70. The Bertz CT molecular complexity index is 472. The van der Waals surface area contributed by atoms with E-state index in [0.717, 1.165) is 43.5 Å². The van der Waals surface area contributed by atoms with E-state index in [2.05, 4.69) is 16.5 Å². The van der Waals surface area contributed by atoms with E-state index in [1.54, 1.807) is 24.5 Å². The van der Waals surface area contributed by atoms with Crippen molar-refractivity contribution in [2.75, 3.05) is 40.0 Å². The van der Waals surface area contributed by atoms with Crippen molar-refractivity contribution < 1.29 is 14.3 Å². The van der Waals surface area contributed by atoms with E-state index in [1.165, 1.54) is 4.90 Å². The van der Waals surface area contributed by atoms with Gasteiger partial charge in [0.15, 0.2) is 0 Å². The zero-order valence-electron chi connectivity index (χ0n) is 12.3. The van der Waals surface area contributed by atoms with E-state index in [9.17, 15) is 4.79 Å². The Hall–Kier alpha value is -1.44. The number of nitrogens with zero attached hydrogens (tertiary/aromatic N) is 3. The van der Waals surface area contributed by atoms with Crippen LogP contribution in [0.15, 0.2) is 18.0 Å². The first kappa shape index (κ1) is 15.9. The molecule has 1 aromatic rings. The van der Waals surface area contributed by atoms with Crippen LogP contribution in [-0.2, 0) is 22.6 Å². The Labute approximate surface area is 129 Å². The molecule has 1 fully saturated rings. The van der Waals surface area contributed by atoms with Crippen molar-refractivity contribution in [2.45, 2.75) is 13.1 Å². The van der Waals surface area contributed by atoms with Crippen LogP contribution in [0.25, 0.3) is 0 Å².